The highest BCUT2D eigenvalue weighted by atomic mass is 19.1. The van der Waals surface area contributed by atoms with Gasteiger partial charge in [-0.25, -0.2) is 9.37 Å². The summed E-state index contributed by atoms with van der Waals surface area (Å²) in [4.78, 5) is 24.1. The van der Waals surface area contributed by atoms with Crippen LogP contribution in [-0.4, -0.2) is 45.7 Å². The quantitative estimate of drug-likeness (QED) is 0.895. The number of H-pyrrole nitrogens is 1. The first kappa shape index (κ1) is 15.8. The molecular formula is C16H19FN4O2. The van der Waals surface area contributed by atoms with E-state index in [4.69, 9.17) is 4.74 Å². The molecule has 7 heteroatoms. The van der Waals surface area contributed by atoms with Gasteiger partial charge in [0, 0.05) is 37.6 Å². The largest absolute Gasteiger partial charge is 0.376 e. The molecule has 23 heavy (non-hydrogen) atoms. The Labute approximate surface area is 133 Å². The van der Waals surface area contributed by atoms with Crippen LogP contribution in [0.3, 0.4) is 0 Å². The average Bonchev–Trinajstić information content (AvgIpc) is 2.56. The Morgan fingerprint density at radius 2 is 2.35 bits per heavy atom. The molecule has 0 bridgehead atoms. The summed E-state index contributed by atoms with van der Waals surface area (Å²) in [5.74, 6) is -0.275. The minimum atomic E-state index is -0.275. The van der Waals surface area contributed by atoms with Gasteiger partial charge in [-0.15, -0.1) is 0 Å². The number of hydrogen-bond donors (Lipinski definition) is 1. The van der Waals surface area contributed by atoms with Crippen LogP contribution in [0.15, 0.2) is 35.5 Å². The van der Waals surface area contributed by atoms with Crippen molar-refractivity contribution in [2.24, 2.45) is 0 Å². The molecule has 0 amide bonds. The van der Waals surface area contributed by atoms with Crippen LogP contribution in [0, 0.1) is 5.82 Å². The highest BCUT2D eigenvalue weighted by molar-refractivity contribution is 5.07. The van der Waals surface area contributed by atoms with Gasteiger partial charge >= 0.3 is 0 Å². The zero-order valence-corrected chi connectivity index (χ0v) is 12.7. The number of morpholine rings is 1. The second kappa shape index (κ2) is 7.43. The number of nitrogens with zero attached hydrogens (tertiary/aromatic N) is 3. The van der Waals surface area contributed by atoms with Gasteiger partial charge in [0.25, 0.3) is 5.56 Å². The highest BCUT2D eigenvalue weighted by Gasteiger charge is 2.21. The molecule has 1 N–H and O–H groups in total. The molecule has 6 nitrogen and oxygen atoms in total. The van der Waals surface area contributed by atoms with Crippen molar-refractivity contribution >= 4 is 0 Å². The number of rotatable bonds is 5. The van der Waals surface area contributed by atoms with E-state index in [1.54, 1.807) is 12.3 Å². The number of ether oxygens (including phenoxy) is 1. The van der Waals surface area contributed by atoms with Crippen LogP contribution >= 0.6 is 0 Å². The number of aromatic amines is 1. The van der Waals surface area contributed by atoms with Crippen molar-refractivity contribution in [3.05, 3.63) is 58.3 Å². The number of hydrogen-bond acceptors (Lipinski definition) is 5. The summed E-state index contributed by atoms with van der Waals surface area (Å²) >= 11 is 0. The van der Waals surface area contributed by atoms with Gasteiger partial charge in [0.15, 0.2) is 0 Å². The molecule has 1 fully saturated rings. The third-order valence-electron chi connectivity index (χ3n) is 3.89. The SMILES string of the molecule is O=c1cc(CCC2CN(Cc3ncccc3F)CCO2)nc[nH]1. The molecule has 0 radical (unpaired) electrons. The minimum Gasteiger partial charge on any atom is -0.376 e. The molecule has 0 aromatic carbocycles. The zero-order chi connectivity index (χ0) is 16.1. The van der Waals surface area contributed by atoms with Crippen molar-refractivity contribution in [1.29, 1.82) is 0 Å². The van der Waals surface area contributed by atoms with Crippen LogP contribution in [0.25, 0.3) is 0 Å². The van der Waals surface area contributed by atoms with Crippen LogP contribution in [0.4, 0.5) is 4.39 Å². The fourth-order valence-corrected chi connectivity index (χ4v) is 2.70. The topological polar surface area (TPSA) is 71.1 Å². The Balaban J connectivity index is 1.54. The fourth-order valence-electron chi connectivity index (χ4n) is 2.70. The molecule has 2 aromatic heterocycles. The van der Waals surface area contributed by atoms with Gasteiger partial charge in [-0.3, -0.25) is 14.7 Å². The van der Waals surface area contributed by atoms with Gasteiger partial charge in [-0.05, 0) is 25.0 Å². The second-order valence-electron chi connectivity index (χ2n) is 5.60. The predicted molar refractivity (Wildman–Crippen MR) is 82.4 cm³/mol. The van der Waals surface area contributed by atoms with E-state index in [0.29, 0.717) is 25.3 Å². The van der Waals surface area contributed by atoms with E-state index >= 15 is 0 Å². The maximum absolute atomic E-state index is 13.7. The first-order valence-corrected chi connectivity index (χ1v) is 7.67. The van der Waals surface area contributed by atoms with E-state index in [9.17, 15) is 9.18 Å². The van der Waals surface area contributed by atoms with Crippen LogP contribution in [0.5, 0.6) is 0 Å². The summed E-state index contributed by atoms with van der Waals surface area (Å²) in [6, 6.07) is 4.53. The van der Waals surface area contributed by atoms with Gasteiger partial charge in [0.05, 0.1) is 24.7 Å². The summed E-state index contributed by atoms with van der Waals surface area (Å²) in [5.41, 5.74) is 1.07. The molecule has 0 aliphatic carbocycles. The second-order valence-corrected chi connectivity index (χ2v) is 5.60. The molecule has 3 rings (SSSR count). The monoisotopic (exact) mass is 318 g/mol. The molecule has 1 aliphatic rings. The Morgan fingerprint density at radius 3 is 3.17 bits per heavy atom. The molecule has 1 unspecified atom stereocenters. The van der Waals surface area contributed by atoms with Crippen LogP contribution in [-0.2, 0) is 17.7 Å². The first-order chi connectivity index (χ1) is 11.2. The smallest absolute Gasteiger partial charge is 0.250 e. The molecule has 0 saturated carbocycles. The molecule has 2 aromatic rings. The Morgan fingerprint density at radius 1 is 1.43 bits per heavy atom. The minimum absolute atomic E-state index is 0.0524. The van der Waals surface area contributed by atoms with Crippen molar-refractivity contribution in [1.82, 2.24) is 19.9 Å². The summed E-state index contributed by atoms with van der Waals surface area (Å²) in [6.45, 7) is 2.58. The standard InChI is InChI=1S/C16H19FN4O2/c17-14-2-1-5-18-15(14)10-21-6-7-23-13(9-21)4-3-12-8-16(22)20-11-19-12/h1-2,5,8,11,13H,3-4,6-7,9-10H2,(H,19,20,22). The predicted octanol–water partition coefficient (Wildman–Crippen LogP) is 1.14. The Bertz CT molecular complexity index is 706. The number of halogens is 1. The van der Waals surface area contributed by atoms with Crippen LogP contribution in [0.1, 0.15) is 17.8 Å². The van der Waals surface area contributed by atoms with Crippen molar-refractivity contribution in [3.8, 4) is 0 Å². The molecule has 3 heterocycles. The maximum atomic E-state index is 13.7. The summed E-state index contributed by atoms with van der Waals surface area (Å²) < 4.78 is 19.4. The van der Waals surface area contributed by atoms with Gasteiger partial charge in [0.1, 0.15) is 5.82 Å². The number of aryl methyl sites for hydroxylation is 1. The van der Waals surface area contributed by atoms with Crippen molar-refractivity contribution in [3.63, 3.8) is 0 Å². The Kier molecular flexibility index (Phi) is 5.09. The lowest BCUT2D eigenvalue weighted by atomic mass is 10.1. The molecule has 122 valence electrons. The lowest BCUT2D eigenvalue weighted by Crippen LogP contribution is -2.42. The third kappa shape index (κ3) is 4.43. The van der Waals surface area contributed by atoms with E-state index in [2.05, 4.69) is 19.9 Å². The summed E-state index contributed by atoms with van der Waals surface area (Å²) in [6.07, 6.45) is 4.53. The van der Waals surface area contributed by atoms with E-state index in [0.717, 1.165) is 25.2 Å². The van der Waals surface area contributed by atoms with Crippen LogP contribution in [0.2, 0.25) is 0 Å². The normalized spacial score (nSPS) is 18.9. The van der Waals surface area contributed by atoms with E-state index in [1.165, 1.54) is 18.5 Å². The summed E-state index contributed by atoms with van der Waals surface area (Å²) in [5, 5.41) is 0. The lowest BCUT2D eigenvalue weighted by molar-refractivity contribution is -0.0353. The molecule has 0 spiro atoms. The van der Waals surface area contributed by atoms with Crippen molar-refractivity contribution in [2.45, 2.75) is 25.5 Å². The van der Waals surface area contributed by atoms with E-state index in [-0.39, 0.29) is 17.5 Å². The molecule has 1 aliphatic heterocycles. The number of nitrogens with one attached hydrogen (secondary N) is 1. The molecular weight excluding hydrogens is 299 g/mol. The van der Waals surface area contributed by atoms with Gasteiger partial charge < -0.3 is 9.72 Å². The van der Waals surface area contributed by atoms with E-state index in [1.807, 2.05) is 0 Å². The Hall–Kier alpha value is -2.12. The van der Waals surface area contributed by atoms with Gasteiger partial charge in [-0.2, -0.15) is 0 Å². The number of pyridine rings is 1. The number of aromatic nitrogens is 3. The highest BCUT2D eigenvalue weighted by Crippen LogP contribution is 2.14. The fraction of sp³-hybridized carbons (Fsp3) is 0.438. The maximum Gasteiger partial charge on any atom is 0.250 e. The lowest BCUT2D eigenvalue weighted by Gasteiger charge is -2.32. The summed E-state index contributed by atoms with van der Waals surface area (Å²) in [7, 11) is 0. The molecule has 1 atom stereocenters. The zero-order valence-electron chi connectivity index (χ0n) is 12.7. The first-order valence-electron chi connectivity index (χ1n) is 7.67. The molecule has 1 saturated heterocycles. The van der Waals surface area contributed by atoms with Crippen molar-refractivity contribution in [2.75, 3.05) is 19.7 Å². The third-order valence-corrected chi connectivity index (χ3v) is 3.89. The van der Waals surface area contributed by atoms with Gasteiger partial charge in [-0.1, -0.05) is 0 Å². The van der Waals surface area contributed by atoms with Crippen LogP contribution < -0.4 is 5.56 Å². The van der Waals surface area contributed by atoms with Crippen molar-refractivity contribution < 1.29 is 9.13 Å². The van der Waals surface area contributed by atoms with Gasteiger partial charge in [0.2, 0.25) is 0 Å². The van der Waals surface area contributed by atoms with E-state index < -0.39 is 0 Å². The average molecular weight is 318 g/mol.